The first kappa shape index (κ1) is 16.7. The van der Waals surface area contributed by atoms with E-state index in [0.717, 1.165) is 25.7 Å². The van der Waals surface area contributed by atoms with Crippen molar-refractivity contribution in [1.82, 2.24) is 9.80 Å². The molecule has 0 N–H and O–H groups in total. The minimum Gasteiger partial charge on any atom is -0.381 e. The summed E-state index contributed by atoms with van der Waals surface area (Å²) in [6, 6.07) is 0. The second-order valence-corrected chi connectivity index (χ2v) is 6.87. The van der Waals surface area contributed by atoms with Gasteiger partial charge in [0.05, 0.1) is 5.54 Å². The lowest BCUT2D eigenvalue weighted by atomic mass is 9.87. The highest BCUT2D eigenvalue weighted by atomic mass is 16.5. The fourth-order valence-electron chi connectivity index (χ4n) is 4.23. The molecule has 2 amide bonds. The Morgan fingerprint density at radius 2 is 1.83 bits per heavy atom. The van der Waals surface area contributed by atoms with Crippen molar-refractivity contribution in [2.75, 3.05) is 46.1 Å². The van der Waals surface area contributed by atoms with Crippen LogP contribution in [0, 0.1) is 5.92 Å². The van der Waals surface area contributed by atoms with Crippen LogP contribution in [0.4, 0.5) is 0 Å². The lowest BCUT2D eigenvalue weighted by molar-refractivity contribution is -0.144. The van der Waals surface area contributed by atoms with Crippen LogP contribution in [0.1, 0.15) is 39.0 Å². The van der Waals surface area contributed by atoms with Crippen LogP contribution in [0.25, 0.3) is 0 Å². The summed E-state index contributed by atoms with van der Waals surface area (Å²) in [5.74, 6) is 0.450. The molecule has 3 aliphatic heterocycles. The summed E-state index contributed by atoms with van der Waals surface area (Å²) in [6.07, 6.45) is 3.69. The van der Waals surface area contributed by atoms with Gasteiger partial charge in [0.2, 0.25) is 11.8 Å². The Hall–Kier alpha value is -1.14. The smallest absolute Gasteiger partial charge is 0.225 e. The van der Waals surface area contributed by atoms with Crippen LogP contribution in [-0.4, -0.2) is 73.2 Å². The van der Waals surface area contributed by atoms with Crippen molar-refractivity contribution in [3.63, 3.8) is 0 Å². The fraction of sp³-hybridized carbons (Fsp3) is 0.882. The van der Waals surface area contributed by atoms with E-state index in [1.165, 1.54) is 0 Å². The molecule has 0 aromatic carbocycles. The van der Waals surface area contributed by atoms with Crippen molar-refractivity contribution in [2.24, 2.45) is 5.92 Å². The van der Waals surface area contributed by atoms with Crippen LogP contribution in [0.3, 0.4) is 0 Å². The molecule has 6 nitrogen and oxygen atoms in total. The predicted molar refractivity (Wildman–Crippen MR) is 84.9 cm³/mol. The molecular formula is C17H28N2O4. The zero-order valence-electron chi connectivity index (χ0n) is 14.1. The SMILES string of the molecule is CCN1C(=O)CCN(C(=O)C2CCOCC2)CC12CCOCC2. The second-order valence-electron chi connectivity index (χ2n) is 6.87. The van der Waals surface area contributed by atoms with Crippen molar-refractivity contribution in [3.8, 4) is 0 Å². The summed E-state index contributed by atoms with van der Waals surface area (Å²) in [7, 11) is 0. The number of rotatable bonds is 2. The average Bonchev–Trinajstić information content (AvgIpc) is 2.72. The predicted octanol–water partition coefficient (Wildman–Crippen LogP) is 1.04. The van der Waals surface area contributed by atoms with Gasteiger partial charge in [0.15, 0.2) is 0 Å². The Kier molecular flexibility index (Phi) is 5.21. The van der Waals surface area contributed by atoms with Crippen molar-refractivity contribution in [3.05, 3.63) is 0 Å². The van der Waals surface area contributed by atoms with E-state index in [2.05, 4.69) is 0 Å². The van der Waals surface area contributed by atoms with Gasteiger partial charge in [-0.1, -0.05) is 0 Å². The minimum atomic E-state index is -0.235. The number of carbonyl (C=O) groups excluding carboxylic acids is 2. The lowest BCUT2D eigenvalue weighted by Crippen LogP contribution is -2.59. The van der Waals surface area contributed by atoms with Crippen LogP contribution in [-0.2, 0) is 19.1 Å². The third-order valence-corrected chi connectivity index (χ3v) is 5.58. The molecule has 1 spiro atoms. The fourth-order valence-corrected chi connectivity index (χ4v) is 4.23. The van der Waals surface area contributed by atoms with Crippen molar-refractivity contribution in [2.45, 2.75) is 44.6 Å². The molecule has 0 atom stereocenters. The van der Waals surface area contributed by atoms with Gasteiger partial charge >= 0.3 is 0 Å². The van der Waals surface area contributed by atoms with Gasteiger partial charge in [-0.3, -0.25) is 9.59 Å². The Labute approximate surface area is 138 Å². The lowest BCUT2D eigenvalue weighted by Gasteiger charge is -2.46. The summed E-state index contributed by atoms with van der Waals surface area (Å²) in [5.41, 5.74) is -0.235. The zero-order chi connectivity index (χ0) is 16.3. The highest BCUT2D eigenvalue weighted by Gasteiger charge is 2.45. The average molecular weight is 324 g/mol. The molecule has 3 aliphatic rings. The third-order valence-electron chi connectivity index (χ3n) is 5.58. The molecule has 0 saturated carbocycles. The van der Waals surface area contributed by atoms with Crippen molar-refractivity contribution in [1.29, 1.82) is 0 Å². The number of likely N-dealkylation sites (N-methyl/N-ethyl adjacent to an activating group) is 1. The largest absolute Gasteiger partial charge is 0.381 e. The quantitative estimate of drug-likeness (QED) is 0.762. The van der Waals surface area contributed by atoms with Crippen LogP contribution in [0.5, 0.6) is 0 Å². The maximum atomic E-state index is 12.9. The molecule has 0 unspecified atom stereocenters. The van der Waals surface area contributed by atoms with Crippen LogP contribution in [0.15, 0.2) is 0 Å². The topological polar surface area (TPSA) is 59.1 Å². The molecular weight excluding hydrogens is 296 g/mol. The van der Waals surface area contributed by atoms with Gasteiger partial charge in [0.1, 0.15) is 0 Å². The molecule has 6 heteroatoms. The van der Waals surface area contributed by atoms with E-state index in [0.29, 0.717) is 52.5 Å². The first-order valence-corrected chi connectivity index (χ1v) is 8.91. The van der Waals surface area contributed by atoms with Crippen LogP contribution >= 0.6 is 0 Å². The van der Waals surface area contributed by atoms with E-state index in [-0.39, 0.29) is 23.3 Å². The van der Waals surface area contributed by atoms with Gasteiger partial charge in [0, 0.05) is 58.4 Å². The number of carbonyl (C=O) groups is 2. The molecule has 3 fully saturated rings. The van der Waals surface area contributed by atoms with Gasteiger partial charge in [-0.05, 0) is 32.6 Å². The first-order chi connectivity index (χ1) is 11.2. The molecule has 3 rings (SSSR count). The number of hydrogen-bond donors (Lipinski definition) is 0. The molecule has 0 bridgehead atoms. The summed E-state index contributed by atoms with van der Waals surface area (Å²) < 4.78 is 10.9. The molecule has 0 aromatic heterocycles. The minimum absolute atomic E-state index is 0.0592. The third kappa shape index (κ3) is 3.38. The number of ether oxygens (including phenoxy) is 2. The molecule has 0 aliphatic carbocycles. The highest BCUT2D eigenvalue weighted by Crippen LogP contribution is 2.33. The van der Waals surface area contributed by atoms with E-state index < -0.39 is 0 Å². The van der Waals surface area contributed by atoms with Gasteiger partial charge < -0.3 is 19.3 Å². The van der Waals surface area contributed by atoms with Crippen LogP contribution < -0.4 is 0 Å². The maximum Gasteiger partial charge on any atom is 0.225 e. The highest BCUT2D eigenvalue weighted by molar-refractivity contribution is 5.82. The molecule has 0 radical (unpaired) electrons. The van der Waals surface area contributed by atoms with Gasteiger partial charge in [-0.2, -0.15) is 0 Å². The summed E-state index contributed by atoms with van der Waals surface area (Å²) in [4.78, 5) is 29.5. The molecule has 130 valence electrons. The van der Waals surface area contributed by atoms with E-state index in [9.17, 15) is 9.59 Å². The van der Waals surface area contributed by atoms with E-state index >= 15 is 0 Å². The van der Waals surface area contributed by atoms with Gasteiger partial charge in [-0.15, -0.1) is 0 Å². The molecule has 0 aromatic rings. The Bertz CT molecular complexity index is 442. The summed E-state index contributed by atoms with van der Waals surface area (Å²) in [5, 5.41) is 0. The standard InChI is InChI=1S/C17H28N2O4/c1-2-19-15(20)3-8-18(13-17(19)6-11-23-12-7-17)16(21)14-4-9-22-10-5-14/h14H,2-13H2,1H3. The molecule has 23 heavy (non-hydrogen) atoms. The zero-order valence-corrected chi connectivity index (χ0v) is 14.1. The van der Waals surface area contributed by atoms with Gasteiger partial charge in [-0.25, -0.2) is 0 Å². The normalized spacial score (nSPS) is 26.4. The molecule has 3 heterocycles. The second kappa shape index (κ2) is 7.18. The Morgan fingerprint density at radius 1 is 1.17 bits per heavy atom. The maximum absolute atomic E-state index is 12.9. The Balaban J connectivity index is 1.79. The van der Waals surface area contributed by atoms with Crippen molar-refractivity contribution >= 4 is 11.8 Å². The van der Waals surface area contributed by atoms with E-state index in [4.69, 9.17) is 9.47 Å². The van der Waals surface area contributed by atoms with E-state index in [1.54, 1.807) is 0 Å². The monoisotopic (exact) mass is 324 g/mol. The summed E-state index contributed by atoms with van der Waals surface area (Å²) >= 11 is 0. The first-order valence-electron chi connectivity index (χ1n) is 8.91. The number of nitrogens with zero attached hydrogens (tertiary/aromatic N) is 2. The van der Waals surface area contributed by atoms with Crippen molar-refractivity contribution < 1.29 is 19.1 Å². The number of hydrogen-bond acceptors (Lipinski definition) is 4. The van der Waals surface area contributed by atoms with Crippen LogP contribution in [0.2, 0.25) is 0 Å². The summed E-state index contributed by atoms with van der Waals surface area (Å²) in [6.45, 7) is 6.63. The molecule has 3 saturated heterocycles. The van der Waals surface area contributed by atoms with Gasteiger partial charge in [0.25, 0.3) is 0 Å². The Morgan fingerprint density at radius 3 is 2.48 bits per heavy atom. The van der Waals surface area contributed by atoms with E-state index in [1.807, 2.05) is 16.7 Å². The number of amides is 2.